The summed E-state index contributed by atoms with van der Waals surface area (Å²) < 4.78 is 1.70. The lowest BCUT2D eigenvalue weighted by Gasteiger charge is -1.98. The second kappa shape index (κ2) is 2.54. The first-order valence-electron chi connectivity index (χ1n) is 4.50. The molecule has 2 heterocycles. The van der Waals surface area contributed by atoms with E-state index in [2.05, 4.69) is 4.98 Å². The quantitative estimate of drug-likeness (QED) is 0.527. The Hall–Kier alpha value is -1.90. The van der Waals surface area contributed by atoms with Crippen LogP contribution < -0.4 is 5.56 Å². The average Bonchev–Trinajstić information content (AvgIpc) is 2.59. The number of rotatable bonds is 0. The summed E-state index contributed by atoms with van der Waals surface area (Å²) in [6.45, 7) is 0.651. The molecule has 0 aliphatic carbocycles. The fraction of sp³-hybridized carbons (Fsp3) is 0.0909. The van der Waals surface area contributed by atoms with Gasteiger partial charge < -0.3 is 0 Å². The van der Waals surface area contributed by atoms with Crippen LogP contribution in [0.3, 0.4) is 0 Å². The lowest BCUT2D eigenvalue weighted by atomic mass is 10.1. The van der Waals surface area contributed by atoms with Crippen molar-refractivity contribution in [1.82, 2.24) is 9.55 Å². The fourth-order valence-corrected chi connectivity index (χ4v) is 1.85. The monoisotopic (exact) mass is 184 g/mol. The van der Waals surface area contributed by atoms with Gasteiger partial charge in [0.25, 0.3) is 5.56 Å². The number of aromatic nitrogens is 2. The van der Waals surface area contributed by atoms with E-state index in [-0.39, 0.29) is 5.56 Å². The molecule has 2 aromatic rings. The van der Waals surface area contributed by atoms with Crippen molar-refractivity contribution in [1.29, 1.82) is 0 Å². The van der Waals surface area contributed by atoms with Crippen LogP contribution in [0.4, 0.5) is 0 Å². The van der Waals surface area contributed by atoms with Crippen molar-refractivity contribution >= 4 is 0 Å². The lowest BCUT2D eigenvalue weighted by molar-refractivity contribution is 0.784. The van der Waals surface area contributed by atoms with Crippen molar-refractivity contribution in [3.63, 3.8) is 0 Å². The molecule has 0 fully saturated rings. The zero-order chi connectivity index (χ0) is 9.54. The Balaban J connectivity index is 2.38. The summed E-state index contributed by atoms with van der Waals surface area (Å²) in [7, 11) is 0. The minimum Gasteiger partial charge on any atom is -0.288 e. The standard InChI is InChI=1S/C11H8N2O/c14-10-5-6-12-11-9-4-2-1-3-8(9)7-13(10)11/h1-6H,7H2. The Morgan fingerprint density at radius 2 is 2.07 bits per heavy atom. The summed E-state index contributed by atoms with van der Waals surface area (Å²) in [6.07, 6.45) is 1.57. The first-order valence-corrected chi connectivity index (χ1v) is 4.50. The summed E-state index contributed by atoms with van der Waals surface area (Å²) in [5.74, 6) is 0.785. The Bertz CT molecular complexity index is 557. The SMILES string of the molecule is O=c1ccnc2n1Cc1ccccc1-2. The highest BCUT2D eigenvalue weighted by Crippen LogP contribution is 2.27. The van der Waals surface area contributed by atoms with Crippen LogP contribution in [0.25, 0.3) is 11.4 Å². The van der Waals surface area contributed by atoms with E-state index in [1.54, 1.807) is 10.8 Å². The van der Waals surface area contributed by atoms with Gasteiger partial charge in [-0.2, -0.15) is 0 Å². The third-order valence-corrected chi connectivity index (χ3v) is 2.52. The molecule has 1 aliphatic rings. The number of fused-ring (bicyclic) bond motifs is 3. The minimum atomic E-state index is 0.0196. The maximum absolute atomic E-state index is 11.5. The Labute approximate surface area is 80.7 Å². The summed E-state index contributed by atoms with van der Waals surface area (Å²) in [5.41, 5.74) is 2.26. The van der Waals surface area contributed by atoms with Gasteiger partial charge in [0.05, 0.1) is 6.54 Å². The molecule has 0 amide bonds. The second-order valence-corrected chi connectivity index (χ2v) is 3.35. The lowest BCUT2D eigenvalue weighted by Crippen LogP contribution is -2.17. The van der Waals surface area contributed by atoms with Crippen LogP contribution in [-0.2, 0) is 6.54 Å². The number of nitrogens with zero attached hydrogens (tertiary/aromatic N) is 2. The van der Waals surface area contributed by atoms with Gasteiger partial charge in [-0.15, -0.1) is 0 Å². The van der Waals surface area contributed by atoms with Gasteiger partial charge in [0.15, 0.2) is 0 Å². The topological polar surface area (TPSA) is 34.9 Å². The van der Waals surface area contributed by atoms with Crippen LogP contribution in [0, 0.1) is 0 Å². The van der Waals surface area contributed by atoms with Gasteiger partial charge in [-0.1, -0.05) is 24.3 Å². The van der Waals surface area contributed by atoms with E-state index in [4.69, 9.17) is 0 Å². The van der Waals surface area contributed by atoms with Crippen LogP contribution in [0.15, 0.2) is 41.3 Å². The predicted octanol–water partition coefficient (Wildman–Crippen LogP) is 1.27. The van der Waals surface area contributed by atoms with Gasteiger partial charge in [-0.25, -0.2) is 4.98 Å². The van der Waals surface area contributed by atoms with Crippen LogP contribution in [0.1, 0.15) is 5.56 Å². The molecule has 0 saturated carbocycles. The molecule has 0 spiro atoms. The molecule has 14 heavy (non-hydrogen) atoms. The largest absolute Gasteiger partial charge is 0.288 e. The van der Waals surface area contributed by atoms with Gasteiger partial charge in [0.2, 0.25) is 0 Å². The maximum Gasteiger partial charge on any atom is 0.254 e. The molecule has 0 saturated heterocycles. The van der Waals surface area contributed by atoms with E-state index in [1.165, 1.54) is 11.6 Å². The molecule has 68 valence electrons. The third-order valence-electron chi connectivity index (χ3n) is 2.52. The van der Waals surface area contributed by atoms with Crippen molar-refractivity contribution in [2.75, 3.05) is 0 Å². The van der Waals surface area contributed by atoms with Crippen molar-refractivity contribution in [3.05, 3.63) is 52.4 Å². The van der Waals surface area contributed by atoms with Gasteiger partial charge in [0.1, 0.15) is 5.82 Å². The summed E-state index contributed by atoms with van der Waals surface area (Å²) >= 11 is 0. The van der Waals surface area contributed by atoms with Crippen LogP contribution in [0.5, 0.6) is 0 Å². The Morgan fingerprint density at radius 3 is 3.00 bits per heavy atom. The highest BCUT2D eigenvalue weighted by atomic mass is 16.1. The molecule has 0 unspecified atom stereocenters. The Morgan fingerprint density at radius 1 is 1.21 bits per heavy atom. The summed E-state index contributed by atoms with van der Waals surface area (Å²) in [6, 6.07) is 9.48. The van der Waals surface area contributed by atoms with Gasteiger partial charge in [-0.05, 0) is 5.56 Å². The second-order valence-electron chi connectivity index (χ2n) is 3.35. The first-order chi connectivity index (χ1) is 6.86. The molecule has 3 rings (SSSR count). The smallest absolute Gasteiger partial charge is 0.254 e. The molecule has 0 atom stereocenters. The van der Waals surface area contributed by atoms with Crippen molar-refractivity contribution in [3.8, 4) is 11.4 Å². The predicted molar refractivity (Wildman–Crippen MR) is 53.0 cm³/mol. The first kappa shape index (κ1) is 7.50. The van der Waals surface area contributed by atoms with E-state index < -0.39 is 0 Å². The summed E-state index contributed by atoms with van der Waals surface area (Å²) in [5, 5.41) is 0. The summed E-state index contributed by atoms with van der Waals surface area (Å²) in [4.78, 5) is 15.7. The van der Waals surface area contributed by atoms with Crippen LogP contribution in [0.2, 0.25) is 0 Å². The minimum absolute atomic E-state index is 0.0196. The molecule has 1 aliphatic heterocycles. The molecule has 0 N–H and O–H groups in total. The molecule has 0 radical (unpaired) electrons. The number of benzene rings is 1. The molecular weight excluding hydrogens is 176 g/mol. The average molecular weight is 184 g/mol. The van der Waals surface area contributed by atoms with Crippen molar-refractivity contribution in [2.24, 2.45) is 0 Å². The molecule has 3 nitrogen and oxygen atoms in total. The molecule has 1 aromatic carbocycles. The van der Waals surface area contributed by atoms with E-state index in [9.17, 15) is 4.79 Å². The van der Waals surface area contributed by atoms with E-state index in [0.717, 1.165) is 11.4 Å². The van der Waals surface area contributed by atoms with Gasteiger partial charge >= 0.3 is 0 Å². The maximum atomic E-state index is 11.5. The van der Waals surface area contributed by atoms with Gasteiger partial charge in [0, 0.05) is 17.8 Å². The number of hydrogen-bond donors (Lipinski definition) is 0. The van der Waals surface area contributed by atoms with Crippen LogP contribution in [-0.4, -0.2) is 9.55 Å². The van der Waals surface area contributed by atoms with Crippen LogP contribution >= 0.6 is 0 Å². The normalized spacial score (nSPS) is 12.3. The van der Waals surface area contributed by atoms with Gasteiger partial charge in [-0.3, -0.25) is 9.36 Å². The highest BCUT2D eigenvalue weighted by Gasteiger charge is 2.18. The number of hydrogen-bond acceptors (Lipinski definition) is 2. The fourth-order valence-electron chi connectivity index (χ4n) is 1.85. The highest BCUT2D eigenvalue weighted by molar-refractivity contribution is 5.64. The molecule has 1 aromatic heterocycles. The zero-order valence-corrected chi connectivity index (χ0v) is 7.47. The van der Waals surface area contributed by atoms with E-state index in [0.29, 0.717) is 6.54 Å². The Kier molecular flexibility index (Phi) is 1.36. The van der Waals surface area contributed by atoms with E-state index >= 15 is 0 Å². The molecular formula is C11H8N2O. The van der Waals surface area contributed by atoms with Crippen molar-refractivity contribution < 1.29 is 0 Å². The van der Waals surface area contributed by atoms with Crippen molar-refractivity contribution in [2.45, 2.75) is 6.54 Å². The van der Waals surface area contributed by atoms with E-state index in [1.807, 2.05) is 24.3 Å². The molecule has 0 bridgehead atoms. The third kappa shape index (κ3) is 0.865. The molecule has 3 heteroatoms. The zero-order valence-electron chi connectivity index (χ0n) is 7.47.